The summed E-state index contributed by atoms with van der Waals surface area (Å²) in [6.45, 7) is 0.209. The van der Waals surface area contributed by atoms with Gasteiger partial charge in [-0.3, -0.25) is 4.79 Å². The second-order valence-corrected chi connectivity index (χ2v) is 8.90. The summed E-state index contributed by atoms with van der Waals surface area (Å²) in [7, 11) is 2.88. The maximum Gasteiger partial charge on any atom is 0.343 e. The normalized spacial score (nSPS) is 12.8. The van der Waals surface area contributed by atoms with Crippen LogP contribution in [0.25, 0.3) is 11.0 Å². The fourth-order valence-corrected chi connectivity index (χ4v) is 4.73. The first-order valence-electron chi connectivity index (χ1n) is 12.2. The van der Waals surface area contributed by atoms with Crippen molar-refractivity contribution in [3.8, 4) is 28.7 Å². The van der Waals surface area contributed by atoms with Crippen LogP contribution in [-0.2, 0) is 11.2 Å². The van der Waals surface area contributed by atoms with E-state index in [2.05, 4.69) is 5.32 Å². The second kappa shape index (κ2) is 10.9. The van der Waals surface area contributed by atoms with Crippen LogP contribution in [0.3, 0.4) is 0 Å². The smallest absolute Gasteiger partial charge is 0.343 e. The molecule has 0 spiro atoms. The Labute approximate surface area is 222 Å². The molecule has 0 fully saturated rings. The molecule has 1 aromatic heterocycles. The molecule has 0 saturated carbocycles. The van der Waals surface area contributed by atoms with Crippen molar-refractivity contribution in [3.63, 3.8) is 0 Å². The van der Waals surface area contributed by atoms with Crippen molar-refractivity contribution in [1.82, 2.24) is 5.32 Å². The van der Waals surface area contributed by atoms with E-state index < -0.39 is 17.5 Å². The average Bonchev–Trinajstić information content (AvgIpc) is 3.43. The number of hydrogen-bond donors (Lipinski definition) is 2. The number of para-hydroxylation sites is 1. The monoisotopic (exact) mass is 535 g/mol. The summed E-state index contributed by atoms with van der Waals surface area (Å²) < 4.78 is 41.0. The molecule has 5 rings (SSSR count). The Morgan fingerprint density at radius 2 is 1.82 bits per heavy atom. The van der Waals surface area contributed by atoms with Crippen molar-refractivity contribution in [1.29, 1.82) is 0 Å². The summed E-state index contributed by atoms with van der Waals surface area (Å²) in [4.78, 5) is 26.5. The van der Waals surface area contributed by atoms with Crippen molar-refractivity contribution in [2.45, 2.75) is 18.8 Å². The molecular weight excluding hydrogens is 509 g/mol. The molecule has 2 heterocycles. The second-order valence-electron chi connectivity index (χ2n) is 8.90. The van der Waals surface area contributed by atoms with E-state index in [-0.39, 0.29) is 54.0 Å². The Bertz CT molecular complexity index is 1580. The van der Waals surface area contributed by atoms with Gasteiger partial charge < -0.3 is 33.8 Å². The minimum Gasteiger partial charge on any atom is -0.507 e. The standard InChI is InChI=1S/C29H26FNO8/c1-35-22-13-20(26(36-2)28-27(22)37-15-38-28)19(14-23(32)31-12-11-16-7-9-17(30)10-8-16)24-25(33)18-5-3-4-6-21(18)39-29(24)34/h3-10,13,19,33H,11-12,14-15H2,1-2H3,(H,31,32). The molecule has 0 radical (unpaired) electrons. The minimum absolute atomic E-state index is 0.0661. The van der Waals surface area contributed by atoms with Gasteiger partial charge in [-0.05, 0) is 42.3 Å². The summed E-state index contributed by atoms with van der Waals surface area (Å²) >= 11 is 0. The molecule has 0 bridgehead atoms. The average molecular weight is 536 g/mol. The zero-order chi connectivity index (χ0) is 27.5. The first kappa shape index (κ1) is 25.9. The molecule has 4 aromatic rings. The third kappa shape index (κ3) is 5.05. The maximum absolute atomic E-state index is 13.2. The molecule has 3 aromatic carbocycles. The van der Waals surface area contributed by atoms with Crippen LogP contribution in [-0.4, -0.2) is 38.6 Å². The highest BCUT2D eigenvalue weighted by atomic mass is 19.1. The van der Waals surface area contributed by atoms with E-state index in [0.717, 1.165) is 5.56 Å². The lowest BCUT2D eigenvalue weighted by molar-refractivity contribution is -0.121. The number of rotatable bonds is 9. The zero-order valence-electron chi connectivity index (χ0n) is 21.3. The van der Waals surface area contributed by atoms with Gasteiger partial charge in [-0.15, -0.1) is 0 Å². The van der Waals surface area contributed by atoms with Crippen LogP contribution in [0, 0.1) is 5.82 Å². The van der Waals surface area contributed by atoms with Crippen LogP contribution in [0.5, 0.6) is 28.7 Å². The first-order valence-corrected chi connectivity index (χ1v) is 12.2. The highest BCUT2D eigenvalue weighted by Gasteiger charge is 2.35. The highest BCUT2D eigenvalue weighted by Crippen LogP contribution is 2.53. The van der Waals surface area contributed by atoms with Crippen LogP contribution < -0.4 is 29.9 Å². The maximum atomic E-state index is 13.2. The molecule has 9 nitrogen and oxygen atoms in total. The predicted octanol–water partition coefficient (Wildman–Crippen LogP) is 4.26. The van der Waals surface area contributed by atoms with Crippen molar-refractivity contribution in [2.75, 3.05) is 27.6 Å². The molecule has 1 aliphatic heterocycles. The van der Waals surface area contributed by atoms with Crippen LogP contribution in [0.15, 0.2) is 63.8 Å². The molecule has 1 aliphatic rings. The number of methoxy groups -OCH3 is 2. The lowest BCUT2D eigenvalue weighted by Gasteiger charge is -2.22. The third-order valence-electron chi connectivity index (χ3n) is 6.60. The molecule has 1 amide bonds. The lowest BCUT2D eigenvalue weighted by Crippen LogP contribution is -2.29. The van der Waals surface area contributed by atoms with Crippen LogP contribution >= 0.6 is 0 Å². The van der Waals surface area contributed by atoms with Crippen molar-refractivity contribution >= 4 is 16.9 Å². The van der Waals surface area contributed by atoms with Crippen molar-refractivity contribution in [3.05, 3.63) is 87.5 Å². The molecule has 1 atom stereocenters. The number of benzene rings is 3. The van der Waals surface area contributed by atoms with Crippen molar-refractivity contribution < 1.29 is 37.7 Å². The van der Waals surface area contributed by atoms with E-state index in [0.29, 0.717) is 28.9 Å². The van der Waals surface area contributed by atoms with Gasteiger partial charge in [0.2, 0.25) is 24.2 Å². The highest BCUT2D eigenvalue weighted by molar-refractivity contribution is 5.85. The number of fused-ring (bicyclic) bond motifs is 2. The van der Waals surface area contributed by atoms with Gasteiger partial charge in [-0.2, -0.15) is 0 Å². The number of halogens is 1. The van der Waals surface area contributed by atoms with E-state index in [9.17, 15) is 19.1 Å². The molecule has 2 N–H and O–H groups in total. The van der Waals surface area contributed by atoms with Gasteiger partial charge in [0.05, 0.1) is 25.2 Å². The minimum atomic E-state index is -1.00. The third-order valence-corrected chi connectivity index (χ3v) is 6.60. The number of hydrogen-bond acceptors (Lipinski definition) is 8. The zero-order valence-corrected chi connectivity index (χ0v) is 21.3. The van der Waals surface area contributed by atoms with Crippen LogP contribution in [0.4, 0.5) is 4.39 Å². The fourth-order valence-electron chi connectivity index (χ4n) is 4.73. The van der Waals surface area contributed by atoms with Gasteiger partial charge in [0, 0.05) is 24.4 Å². The molecule has 39 heavy (non-hydrogen) atoms. The van der Waals surface area contributed by atoms with E-state index >= 15 is 0 Å². The number of amides is 1. The van der Waals surface area contributed by atoms with Crippen LogP contribution in [0.1, 0.15) is 29.0 Å². The molecule has 0 saturated heterocycles. The van der Waals surface area contributed by atoms with E-state index in [4.69, 9.17) is 23.4 Å². The van der Waals surface area contributed by atoms with Gasteiger partial charge >= 0.3 is 5.63 Å². The summed E-state index contributed by atoms with van der Waals surface area (Å²) in [5, 5.41) is 14.4. The SMILES string of the molecule is COc1cc(C(CC(=O)NCCc2ccc(F)cc2)c2c(O)c3ccccc3oc2=O)c(OC)c2c1OCO2. The summed E-state index contributed by atoms with van der Waals surface area (Å²) in [6, 6.07) is 14.2. The number of carbonyl (C=O) groups is 1. The van der Waals surface area contributed by atoms with Gasteiger partial charge in [0.15, 0.2) is 11.5 Å². The summed E-state index contributed by atoms with van der Waals surface area (Å²) in [5.74, 6) is -0.905. The Balaban J connectivity index is 1.55. The van der Waals surface area contributed by atoms with Crippen molar-refractivity contribution in [2.24, 2.45) is 0 Å². The fraction of sp³-hybridized carbons (Fsp3) is 0.241. The number of ether oxygens (including phenoxy) is 4. The van der Waals surface area contributed by atoms with Crippen LogP contribution in [0.2, 0.25) is 0 Å². The summed E-state index contributed by atoms with van der Waals surface area (Å²) in [6.07, 6.45) is 0.237. The van der Waals surface area contributed by atoms with E-state index in [1.54, 1.807) is 42.5 Å². The number of aromatic hydroxyl groups is 1. The Hall–Kier alpha value is -4.73. The van der Waals surface area contributed by atoms with Gasteiger partial charge in [0.25, 0.3) is 0 Å². The Morgan fingerprint density at radius 1 is 1.08 bits per heavy atom. The van der Waals surface area contributed by atoms with E-state index in [1.165, 1.54) is 26.4 Å². The number of nitrogens with one attached hydrogen (secondary N) is 1. The molecule has 1 unspecified atom stereocenters. The topological polar surface area (TPSA) is 116 Å². The lowest BCUT2D eigenvalue weighted by atomic mass is 9.86. The first-order chi connectivity index (χ1) is 18.9. The predicted molar refractivity (Wildman–Crippen MR) is 139 cm³/mol. The molecule has 10 heteroatoms. The number of carbonyl (C=O) groups excluding carboxylic acids is 1. The van der Waals surface area contributed by atoms with E-state index in [1.807, 2.05) is 0 Å². The van der Waals surface area contributed by atoms with Gasteiger partial charge in [-0.25, -0.2) is 9.18 Å². The largest absolute Gasteiger partial charge is 0.507 e. The quantitative estimate of drug-likeness (QED) is 0.306. The molecule has 0 aliphatic carbocycles. The molecule has 202 valence electrons. The summed E-state index contributed by atoms with van der Waals surface area (Å²) in [5.41, 5.74) is 0.519. The Morgan fingerprint density at radius 3 is 2.56 bits per heavy atom. The van der Waals surface area contributed by atoms with Gasteiger partial charge in [-0.1, -0.05) is 24.3 Å². The van der Waals surface area contributed by atoms with Gasteiger partial charge in [0.1, 0.15) is 17.1 Å². The molecular formula is C29H26FNO8. The Kier molecular flexibility index (Phi) is 7.27.